The van der Waals surface area contributed by atoms with Gasteiger partial charge in [0.15, 0.2) is 11.6 Å². The van der Waals surface area contributed by atoms with E-state index >= 15 is 0 Å². The molecule has 0 saturated carbocycles. The summed E-state index contributed by atoms with van der Waals surface area (Å²) in [5, 5.41) is 5.24. The number of ether oxygens (including phenoxy) is 1. The van der Waals surface area contributed by atoms with Crippen LogP contribution in [-0.2, 0) is 16.4 Å². The van der Waals surface area contributed by atoms with E-state index in [9.17, 15) is 18.0 Å². The lowest BCUT2D eigenvalue weighted by atomic mass is 9.82. The second-order valence-electron chi connectivity index (χ2n) is 6.01. The van der Waals surface area contributed by atoms with Crippen molar-refractivity contribution >= 4 is 21.6 Å². The molecule has 2 aromatic carbocycles. The molecule has 0 saturated heterocycles. The maximum atomic E-state index is 13.0. The number of allylic oxidation sites excluding steroid dienone is 2. The standard InChI is InChI=1S/C19H17NO5S/c1-11-15(10-12-5-3-6-13(9-12)25-2)19(22)17-14(18(11)21)7-4-8-16(17)26(20,23)24/h3-9H,10H2,1-2H3,(H2,20,23,24). The second-order valence-corrected chi connectivity index (χ2v) is 7.54. The summed E-state index contributed by atoms with van der Waals surface area (Å²) in [4.78, 5) is 25.4. The zero-order chi connectivity index (χ0) is 19.1. The first kappa shape index (κ1) is 18.0. The Hall–Kier alpha value is -2.77. The first-order valence-corrected chi connectivity index (χ1v) is 9.36. The third kappa shape index (κ3) is 3.07. The van der Waals surface area contributed by atoms with Crippen molar-refractivity contribution < 1.29 is 22.7 Å². The van der Waals surface area contributed by atoms with Gasteiger partial charge in [0.25, 0.3) is 0 Å². The highest BCUT2D eigenvalue weighted by Crippen LogP contribution is 2.32. The molecule has 0 unspecified atom stereocenters. The van der Waals surface area contributed by atoms with Crippen molar-refractivity contribution in [2.75, 3.05) is 7.11 Å². The molecule has 0 fully saturated rings. The summed E-state index contributed by atoms with van der Waals surface area (Å²) >= 11 is 0. The number of Topliss-reactive ketones (excluding diaryl/α,β-unsaturated/α-hetero) is 2. The normalized spacial score (nSPS) is 14.4. The molecule has 6 nitrogen and oxygen atoms in total. The van der Waals surface area contributed by atoms with E-state index in [1.54, 1.807) is 25.1 Å². The second kappa shape index (κ2) is 6.51. The predicted molar refractivity (Wildman–Crippen MR) is 95.9 cm³/mol. The zero-order valence-corrected chi connectivity index (χ0v) is 15.1. The summed E-state index contributed by atoms with van der Waals surface area (Å²) in [6.07, 6.45) is 0.187. The van der Waals surface area contributed by atoms with Crippen LogP contribution in [0.15, 0.2) is 58.5 Å². The molecule has 7 heteroatoms. The lowest BCUT2D eigenvalue weighted by molar-refractivity contribution is 0.0970. The van der Waals surface area contributed by atoms with Gasteiger partial charge in [-0.05, 0) is 30.7 Å². The van der Waals surface area contributed by atoms with Crippen molar-refractivity contribution in [1.82, 2.24) is 0 Å². The first-order chi connectivity index (χ1) is 12.2. The van der Waals surface area contributed by atoms with E-state index < -0.39 is 15.8 Å². The van der Waals surface area contributed by atoms with E-state index in [1.807, 2.05) is 6.07 Å². The Bertz CT molecular complexity index is 1070. The molecule has 1 aliphatic carbocycles. The van der Waals surface area contributed by atoms with Gasteiger partial charge < -0.3 is 4.74 Å². The fourth-order valence-corrected chi connectivity index (χ4v) is 3.81. The fraction of sp³-hybridized carbons (Fsp3) is 0.158. The minimum atomic E-state index is -4.14. The molecule has 0 atom stereocenters. The third-order valence-corrected chi connectivity index (χ3v) is 5.34. The van der Waals surface area contributed by atoms with Crippen LogP contribution in [0.25, 0.3) is 0 Å². The van der Waals surface area contributed by atoms with E-state index in [0.717, 1.165) is 5.56 Å². The topological polar surface area (TPSA) is 104 Å². The Morgan fingerprint density at radius 2 is 1.73 bits per heavy atom. The number of hydrogen-bond acceptors (Lipinski definition) is 5. The summed E-state index contributed by atoms with van der Waals surface area (Å²) in [7, 11) is -2.61. The molecule has 3 rings (SSSR count). The summed E-state index contributed by atoms with van der Waals surface area (Å²) in [5.41, 5.74) is 1.25. The summed E-state index contributed by atoms with van der Waals surface area (Å²) in [5.74, 6) is -0.242. The van der Waals surface area contributed by atoms with Gasteiger partial charge in [0, 0.05) is 23.1 Å². The van der Waals surface area contributed by atoms with Crippen LogP contribution in [0.2, 0.25) is 0 Å². The average molecular weight is 371 g/mol. The van der Waals surface area contributed by atoms with E-state index in [4.69, 9.17) is 9.88 Å². The Kier molecular flexibility index (Phi) is 4.52. The number of primary sulfonamides is 1. The van der Waals surface area contributed by atoms with Gasteiger partial charge in [0.05, 0.1) is 17.6 Å². The van der Waals surface area contributed by atoms with Crippen LogP contribution < -0.4 is 9.88 Å². The van der Waals surface area contributed by atoms with Gasteiger partial charge in [0.1, 0.15) is 5.75 Å². The van der Waals surface area contributed by atoms with Gasteiger partial charge in [-0.2, -0.15) is 0 Å². The minimum absolute atomic E-state index is 0.0633. The first-order valence-electron chi connectivity index (χ1n) is 7.82. The molecule has 1 aliphatic rings. The number of methoxy groups -OCH3 is 1. The number of carbonyl (C=O) groups excluding carboxylic acids is 2. The van der Waals surface area contributed by atoms with E-state index in [0.29, 0.717) is 11.3 Å². The third-order valence-electron chi connectivity index (χ3n) is 4.39. The molecule has 0 bridgehead atoms. The maximum Gasteiger partial charge on any atom is 0.238 e. The Balaban J connectivity index is 2.14. The monoisotopic (exact) mass is 371 g/mol. The molecule has 0 aliphatic heterocycles. The Morgan fingerprint density at radius 1 is 1.04 bits per heavy atom. The highest BCUT2D eigenvalue weighted by molar-refractivity contribution is 7.89. The molecule has 0 heterocycles. The lowest BCUT2D eigenvalue weighted by Crippen LogP contribution is -2.26. The van der Waals surface area contributed by atoms with Crippen molar-refractivity contribution in [2.45, 2.75) is 18.2 Å². The smallest absolute Gasteiger partial charge is 0.238 e. The summed E-state index contributed by atoms with van der Waals surface area (Å²) in [6, 6.07) is 11.2. The summed E-state index contributed by atoms with van der Waals surface area (Å²) < 4.78 is 28.9. The molecule has 0 aromatic heterocycles. The number of carbonyl (C=O) groups is 2. The van der Waals surface area contributed by atoms with Gasteiger partial charge >= 0.3 is 0 Å². The molecule has 0 radical (unpaired) electrons. The summed E-state index contributed by atoms with van der Waals surface area (Å²) in [6.45, 7) is 1.57. The van der Waals surface area contributed by atoms with Gasteiger partial charge in [-0.25, -0.2) is 13.6 Å². The van der Waals surface area contributed by atoms with Crippen LogP contribution >= 0.6 is 0 Å². The van der Waals surface area contributed by atoms with E-state index in [1.165, 1.54) is 25.3 Å². The molecule has 2 aromatic rings. The molecule has 2 N–H and O–H groups in total. The number of ketones is 2. The van der Waals surface area contributed by atoms with Gasteiger partial charge in [0.2, 0.25) is 10.0 Å². The number of fused-ring (bicyclic) bond motifs is 1. The van der Waals surface area contributed by atoms with Crippen LogP contribution in [0, 0.1) is 0 Å². The number of rotatable bonds is 4. The fourth-order valence-electron chi connectivity index (χ4n) is 3.05. The van der Waals surface area contributed by atoms with Gasteiger partial charge in [-0.1, -0.05) is 24.3 Å². The molecular weight excluding hydrogens is 354 g/mol. The highest BCUT2D eigenvalue weighted by atomic mass is 32.2. The Morgan fingerprint density at radius 3 is 2.38 bits per heavy atom. The van der Waals surface area contributed by atoms with Crippen molar-refractivity contribution in [3.8, 4) is 5.75 Å². The van der Waals surface area contributed by atoms with Crippen molar-refractivity contribution in [2.24, 2.45) is 5.14 Å². The molecular formula is C19H17NO5S. The van der Waals surface area contributed by atoms with Crippen LogP contribution in [0.5, 0.6) is 5.75 Å². The zero-order valence-electron chi connectivity index (χ0n) is 14.3. The highest BCUT2D eigenvalue weighted by Gasteiger charge is 2.34. The number of benzene rings is 2. The van der Waals surface area contributed by atoms with Crippen molar-refractivity contribution in [3.63, 3.8) is 0 Å². The predicted octanol–water partition coefficient (Wildman–Crippen LogP) is 2.28. The van der Waals surface area contributed by atoms with Crippen molar-refractivity contribution in [3.05, 3.63) is 70.3 Å². The van der Waals surface area contributed by atoms with Crippen LogP contribution in [0.1, 0.15) is 33.2 Å². The van der Waals surface area contributed by atoms with Gasteiger partial charge in [-0.3, -0.25) is 9.59 Å². The minimum Gasteiger partial charge on any atom is -0.497 e. The van der Waals surface area contributed by atoms with Crippen LogP contribution in [-0.4, -0.2) is 27.1 Å². The van der Waals surface area contributed by atoms with Crippen LogP contribution in [0.4, 0.5) is 0 Å². The largest absolute Gasteiger partial charge is 0.497 e. The maximum absolute atomic E-state index is 13.0. The van der Waals surface area contributed by atoms with Crippen LogP contribution in [0.3, 0.4) is 0 Å². The van der Waals surface area contributed by atoms with E-state index in [2.05, 4.69) is 0 Å². The number of hydrogen-bond donors (Lipinski definition) is 1. The quantitative estimate of drug-likeness (QED) is 0.888. The van der Waals surface area contributed by atoms with E-state index in [-0.39, 0.29) is 33.8 Å². The van der Waals surface area contributed by atoms with Crippen molar-refractivity contribution in [1.29, 1.82) is 0 Å². The molecule has 0 amide bonds. The molecule has 0 spiro atoms. The molecule has 134 valence electrons. The SMILES string of the molecule is COc1cccc(CC2=C(C)C(=O)c3cccc(S(N)(=O)=O)c3C2=O)c1. The van der Waals surface area contributed by atoms with Gasteiger partial charge in [-0.15, -0.1) is 0 Å². The number of nitrogens with two attached hydrogens (primary N) is 1. The Labute approximate surface area is 151 Å². The lowest BCUT2D eigenvalue weighted by Gasteiger charge is -2.21. The average Bonchev–Trinajstić information content (AvgIpc) is 2.62. The number of sulfonamides is 1. The molecule has 26 heavy (non-hydrogen) atoms.